The molecule has 0 heterocycles. The molecule has 0 bridgehead atoms. The second-order valence-corrected chi connectivity index (χ2v) is 5.58. The highest BCUT2D eigenvalue weighted by Crippen LogP contribution is 2.28. The van der Waals surface area contributed by atoms with Gasteiger partial charge < -0.3 is 16.8 Å². The van der Waals surface area contributed by atoms with Crippen LogP contribution in [0.2, 0.25) is 0 Å². The third kappa shape index (κ3) is 3.16. The minimum Gasteiger partial charge on any atom is -0.397 e. The maximum absolute atomic E-state index is 12.1. The first-order valence-corrected chi connectivity index (χ1v) is 7.17. The van der Waals surface area contributed by atoms with Gasteiger partial charge in [-0.25, -0.2) is 0 Å². The SMILES string of the molecule is Nc1ccc(-c2cccc(C(=O)NCC3CC3)c2)cc1N. The van der Waals surface area contributed by atoms with Crippen LogP contribution in [0.4, 0.5) is 11.4 Å². The van der Waals surface area contributed by atoms with Gasteiger partial charge in [-0.2, -0.15) is 0 Å². The summed E-state index contributed by atoms with van der Waals surface area (Å²) in [6.07, 6.45) is 2.45. The van der Waals surface area contributed by atoms with E-state index in [9.17, 15) is 4.79 Å². The van der Waals surface area contributed by atoms with Gasteiger partial charge in [-0.1, -0.05) is 18.2 Å². The van der Waals surface area contributed by atoms with Crippen LogP contribution >= 0.6 is 0 Å². The van der Waals surface area contributed by atoms with Gasteiger partial charge in [0.1, 0.15) is 0 Å². The second-order valence-electron chi connectivity index (χ2n) is 5.58. The summed E-state index contributed by atoms with van der Waals surface area (Å²) in [5.74, 6) is 0.654. The lowest BCUT2D eigenvalue weighted by Gasteiger charge is -2.08. The largest absolute Gasteiger partial charge is 0.397 e. The van der Waals surface area contributed by atoms with Gasteiger partial charge in [-0.3, -0.25) is 4.79 Å². The van der Waals surface area contributed by atoms with Crippen LogP contribution in [0.3, 0.4) is 0 Å². The van der Waals surface area contributed by atoms with E-state index in [-0.39, 0.29) is 5.91 Å². The molecule has 0 aliphatic heterocycles. The Labute approximate surface area is 124 Å². The topological polar surface area (TPSA) is 81.1 Å². The molecule has 5 N–H and O–H groups in total. The van der Waals surface area contributed by atoms with Crippen molar-refractivity contribution in [2.45, 2.75) is 12.8 Å². The Morgan fingerprint density at radius 1 is 1.05 bits per heavy atom. The lowest BCUT2D eigenvalue weighted by molar-refractivity contribution is 0.0952. The van der Waals surface area contributed by atoms with Crippen LogP contribution in [0.1, 0.15) is 23.2 Å². The van der Waals surface area contributed by atoms with Crippen LogP contribution < -0.4 is 16.8 Å². The summed E-state index contributed by atoms with van der Waals surface area (Å²) >= 11 is 0. The minimum atomic E-state index is -0.0211. The fraction of sp³-hybridized carbons (Fsp3) is 0.235. The lowest BCUT2D eigenvalue weighted by Crippen LogP contribution is -2.25. The van der Waals surface area contributed by atoms with Crippen LogP contribution in [0.15, 0.2) is 42.5 Å². The molecular weight excluding hydrogens is 262 g/mol. The monoisotopic (exact) mass is 281 g/mol. The normalized spacial score (nSPS) is 13.9. The quantitative estimate of drug-likeness (QED) is 0.754. The molecule has 1 amide bonds. The van der Waals surface area contributed by atoms with Gasteiger partial charge >= 0.3 is 0 Å². The molecule has 0 atom stereocenters. The third-order valence-electron chi connectivity index (χ3n) is 3.79. The third-order valence-corrected chi connectivity index (χ3v) is 3.79. The van der Waals surface area contributed by atoms with E-state index in [2.05, 4.69) is 5.32 Å². The molecule has 0 unspecified atom stereocenters. The highest BCUT2D eigenvalue weighted by Gasteiger charge is 2.21. The molecule has 0 saturated heterocycles. The number of nitrogens with one attached hydrogen (secondary N) is 1. The van der Waals surface area contributed by atoms with Crippen molar-refractivity contribution in [1.82, 2.24) is 5.32 Å². The predicted octanol–water partition coefficient (Wildman–Crippen LogP) is 2.66. The summed E-state index contributed by atoms with van der Waals surface area (Å²) in [5, 5.41) is 2.98. The van der Waals surface area contributed by atoms with Gasteiger partial charge in [0.15, 0.2) is 0 Å². The van der Waals surface area contributed by atoms with E-state index in [4.69, 9.17) is 11.5 Å². The van der Waals surface area contributed by atoms with Gasteiger partial charge in [0.05, 0.1) is 11.4 Å². The average Bonchev–Trinajstić information content (AvgIpc) is 3.32. The number of hydrogen-bond donors (Lipinski definition) is 3. The Bertz CT molecular complexity index is 677. The Hall–Kier alpha value is -2.49. The zero-order chi connectivity index (χ0) is 14.8. The zero-order valence-electron chi connectivity index (χ0n) is 11.8. The van der Waals surface area contributed by atoms with Crippen LogP contribution in [0.5, 0.6) is 0 Å². The molecule has 0 radical (unpaired) electrons. The van der Waals surface area contributed by atoms with Gasteiger partial charge in [-0.15, -0.1) is 0 Å². The molecule has 21 heavy (non-hydrogen) atoms. The summed E-state index contributed by atoms with van der Waals surface area (Å²) in [6.45, 7) is 0.776. The Balaban J connectivity index is 1.81. The number of anilines is 2. The van der Waals surface area contributed by atoms with Gasteiger partial charge in [0.2, 0.25) is 0 Å². The van der Waals surface area contributed by atoms with Gasteiger partial charge in [0.25, 0.3) is 5.91 Å². The van der Waals surface area contributed by atoms with Gasteiger partial charge in [0, 0.05) is 12.1 Å². The standard InChI is InChI=1S/C17H19N3O/c18-15-7-6-13(9-16(15)19)12-2-1-3-14(8-12)17(21)20-10-11-4-5-11/h1-3,6-9,11H,4-5,10,18-19H2,(H,20,21). The van der Waals surface area contributed by atoms with E-state index in [1.165, 1.54) is 12.8 Å². The zero-order valence-corrected chi connectivity index (χ0v) is 11.8. The van der Waals surface area contributed by atoms with Crippen molar-refractivity contribution in [1.29, 1.82) is 0 Å². The number of carbonyl (C=O) groups is 1. The molecular formula is C17H19N3O. The molecule has 1 fully saturated rings. The molecule has 4 heteroatoms. The first-order chi connectivity index (χ1) is 10.1. The molecule has 1 aliphatic rings. The molecule has 2 aromatic rings. The number of benzene rings is 2. The number of amides is 1. The van der Waals surface area contributed by atoms with E-state index >= 15 is 0 Å². The minimum absolute atomic E-state index is 0.0211. The van der Waals surface area contributed by atoms with Crippen molar-refractivity contribution in [3.63, 3.8) is 0 Å². The van der Waals surface area contributed by atoms with Crippen molar-refractivity contribution in [2.75, 3.05) is 18.0 Å². The number of nitrogens with two attached hydrogens (primary N) is 2. The van der Waals surface area contributed by atoms with Crippen LogP contribution in [-0.2, 0) is 0 Å². The molecule has 1 saturated carbocycles. The maximum Gasteiger partial charge on any atom is 0.251 e. The summed E-state index contributed by atoms with van der Waals surface area (Å²) in [7, 11) is 0. The summed E-state index contributed by atoms with van der Waals surface area (Å²) in [4.78, 5) is 12.1. The molecule has 1 aliphatic carbocycles. The first kappa shape index (κ1) is 13.5. The van der Waals surface area contributed by atoms with Crippen molar-refractivity contribution < 1.29 is 4.79 Å². The van der Waals surface area contributed by atoms with E-state index in [0.717, 1.165) is 17.7 Å². The van der Waals surface area contributed by atoms with E-state index in [1.807, 2.05) is 36.4 Å². The Morgan fingerprint density at radius 2 is 1.81 bits per heavy atom. The van der Waals surface area contributed by atoms with E-state index in [0.29, 0.717) is 22.9 Å². The maximum atomic E-state index is 12.1. The average molecular weight is 281 g/mol. The molecule has 2 aromatic carbocycles. The molecule has 0 spiro atoms. The molecule has 3 rings (SSSR count). The number of rotatable bonds is 4. The van der Waals surface area contributed by atoms with Crippen LogP contribution in [-0.4, -0.2) is 12.5 Å². The van der Waals surface area contributed by atoms with Crippen LogP contribution in [0.25, 0.3) is 11.1 Å². The summed E-state index contributed by atoms with van der Waals surface area (Å²) in [6, 6.07) is 13.1. The summed E-state index contributed by atoms with van der Waals surface area (Å²) in [5.41, 5.74) is 15.3. The number of hydrogen-bond acceptors (Lipinski definition) is 3. The Kier molecular flexibility index (Phi) is 3.52. The van der Waals surface area contributed by atoms with Crippen molar-refractivity contribution in [3.05, 3.63) is 48.0 Å². The lowest BCUT2D eigenvalue weighted by atomic mass is 10.0. The smallest absolute Gasteiger partial charge is 0.251 e. The predicted molar refractivity (Wildman–Crippen MR) is 85.8 cm³/mol. The van der Waals surface area contributed by atoms with E-state index in [1.54, 1.807) is 6.07 Å². The van der Waals surface area contributed by atoms with Crippen molar-refractivity contribution >= 4 is 17.3 Å². The van der Waals surface area contributed by atoms with E-state index < -0.39 is 0 Å². The van der Waals surface area contributed by atoms with Gasteiger partial charge in [-0.05, 0) is 54.2 Å². The molecule has 108 valence electrons. The first-order valence-electron chi connectivity index (χ1n) is 7.17. The van der Waals surface area contributed by atoms with Crippen molar-refractivity contribution in [3.8, 4) is 11.1 Å². The number of nitrogen functional groups attached to an aromatic ring is 2. The Morgan fingerprint density at radius 3 is 2.52 bits per heavy atom. The van der Waals surface area contributed by atoms with Crippen molar-refractivity contribution in [2.24, 2.45) is 5.92 Å². The highest BCUT2D eigenvalue weighted by molar-refractivity contribution is 5.95. The second kappa shape index (κ2) is 5.48. The van der Waals surface area contributed by atoms with Crippen LogP contribution in [0, 0.1) is 5.92 Å². The molecule has 0 aromatic heterocycles. The molecule has 4 nitrogen and oxygen atoms in total. The fourth-order valence-corrected chi connectivity index (χ4v) is 2.26. The fourth-order valence-electron chi connectivity index (χ4n) is 2.26. The summed E-state index contributed by atoms with van der Waals surface area (Å²) < 4.78 is 0. The number of carbonyl (C=O) groups excluding carboxylic acids is 1. The highest BCUT2D eigenvalue weighted by atomic mass is 16.1.